The molecule has 0 spiro atoms. The van der Waals surface area contributed by atoms with Crippen LogP contribution in [0.3, 0.4) is 0 Å². The van der Waals surface area contributed by atoms with Crippen molar-refractivity contribution in [3.8, 4) is 0 Å². The van der Waals surface area contributed by atoms with Gasteiger partial charge in [-0.1, -0.05) is 55.8 Å². The minimum atomic E-state index is -0.152. The van der Waals surface area contributed by atoms with Crippen LogP contribution in [0, 0.1) is 17.3 Å². The van der Waals surface area contributed by atoms with E-state index in [0.29, 0.717) is 5.92 Å². The molecule has 0 unspecified atom stereocenters. The summed E-state index contributed by atoms with van der Waals surface area (Å²) in [6.07, 6.45) is 5.77. The highest BCUT2D eigenvalue weighted by Gasteiger charge is 2.60. The maximum Gasteiger partial charge on any atom is 0.225 e. The number of hydrogen-bond acceptors (Lipinski definition) is 2. The number of allylic oxidation sites excluding steroid dienone is 2. The molecule has 1 amide bonds. The van der Waals surface area contributed by atoms with E-state index in [1.165, 1.54) is 5.57 Å². The molecule has 3 atom stereocenters. The average Bonchev–Trinajstić information content (AvgIpc) is 3.13. The summed E-state index contributed by atoms with van der Waals surface area (Å²) in [4.78, 5) is 17.1. The van der Waals surface area contributed by atoms with Crippen LogP contribution < -0.4 is 5.32 Å². The first-order valence-electron chi connectivity index (χ1n) is 8.81. The van der Waals surface area contributed by atoms with Gasteiger partial charge in [-0.05, 0) is 48.4 Å². The van der Waals surface area contributed by atoms with Crippen LogP contribution in [0.1, 0.15) is 44.9 Å². The Balaban J connectivity index is 1.84. The van der Waals surface area contributed by atoms with Gasteiger partial charge in [0.15, 0.2) is 0 Å². The molecule has 3 heteroatoms. The maximum atomic E-state index is 13.0. The smallest absolute Gasteiger partial charge is 0.225 e. The number of pyridine rings is 1. The molecule has 1 fully saturated rings. The van der Waals surface area contributed by atoms with Crippen molar-refractivity contribution in [3.63, 3.8) is 0 Å². The molecule has 1 N–H and O–H groups in total. The molecule has 3 rings (SSSR count). The SMILES string of the molecule is CC(C)=C[C@@H]1[C@@H](C(=O)N[C@H](c2ccccc2)c2ccncc2)C1(C)C. The first kappa shape index (κ1) is 17.4. The van der Waals surface area contributed by atoms with Crippen molar-refractivity contribution in [2.45, 2.75) is 33.7 Å². The van der Waals surface area contributed by atoms with E-state index in [4.69, 9.17) is 0 Å². The topological polar surface area (TPSA) is 42.0 Å². The van der Waals surface area contributed by atoms with Crippen molar-refractivity contribution in [1.82, 2.24) is 10.3 Å². The zero-order chi connectivity index (χ0) is 18.0. The van der Waals surface area contributed by atoms with Gasteiger partial charge in [0, 0.05) is 12.4 Å². The zero-order valence-electron chi connectivity index (χ0n) is 15.4. The van der Waals surface area contributed by atoms with Gasteiger partial charge >= 0.3 is 0 Å². The van der Waals surface area contributed by atoms with Crippen molar-refractivity contribution < 1.29 is 4.79 Å². The summed E-state index contributed by atoms with van der Waals surface area (Å²) in [6.45, 7) is 8.52. The lowest BCUT2D eigenvalue weighted by Gasteiger charge is -2.20. The Kier molecular flexibility index (Phi) is 4.76. The number of carbonyl (C=O) groups is 1. The summed E-state index contributed by atoms with van der Waals surface area (Å²) >= 11 is 0. The van der Waals surface area contributed by atoms with Crippen LogP contribution in [0.25, 0.3) is 0 Å². The standard InChI is InChI=1S/C22H26N2O/c1-15(2)14-18-19(22(18,3)4)21(25)24-20(16-8-6-5-7-9-16)17-10-12-23-13-11-17/h5-14,18-20H,1-4H3,(H,24,25)/t18-,19+,20-/m1/s1. The molecule has 1 saturated carbocycles. The van der Waals surface area contributed by atoms with E-state index >= 15 is 0 Å². The quantitative estimate of drug-likeness (QED) is 0.817. The predicted octanol–water partition coefficient (Wildman–Crippen LogP) is 4.53. The molecule has 1 aliphatic rings. The molecular formula is C22H26N2O. The summed E-state index contributed by atoms with van der Waals surface area (Å²) in [6, 6.07) is 13.9. The van der Waals surface area contributed by atoms with E-state index in [1.54, 1.807) is 12.4 Å². The van der Waals surface area contributed by atoms with E-state index in [9.17, 15) is 4.79 Å². The Morgan fingerprint density at radius 3 is 2.28 bits per heavy atom. The van der Waals surface area contributed by atoms with Gasteiger partial charge in [-0.2, -0.15) is 0 Å². The predicted molar refractivity (Wildman–Crippen MR) is 101 cm³/mol. The molecule has 1 aromatic heterocycles. The summed E-state index contributed by atoms with van der Waals surface area (Å²) in [5.74, 6) is 0.458. The fourth-order valence-corrected chi connectivity index (χ4v) is 3.64. The molecule has 3 nitrogen and oxygen atoms in total. The lowest BCUT2D eigenvalue weighted by Crippen LogP contribution is -2.31. The van der Waals surface area contributed by atoms with Gasteiger partial charge < -0.3 is 5.32 Å². The summed E-state index contributed by atoms with van der Waals surface area (Å²) < 4.78 is 0. The third kappa shape index (κ3) is 3.65. The first-order valence-corrected chi connectivity index (χ1v) is 8.81. The third-order valence-electron chi connectivity index (χ3n) is 5.16. The van der Waals surface area contributed by atoms with Crippen molar-refractivity contribution in [3.05, 3.63) is 77.6 Å². The number of hydrogen-bond donors (Lipinski definition) is 1. The molecule has 0 aliphatic heterocycles. The van der Waals surface area contributed by atoms with E-state index < -0.39 is 0 Å². The molecule has 0 saturated heterocycles. The Morgan fingerprint density at radius 1 is 1.08 bits per heavy atom. The number of rotatable bonds is 5. The Bertz CT molecular complexity index is 722. The first-order chi connectivity index (χ1) is 11.9. The molecule has 1 aliphatic carbocycles. The number of amides is 1. The number of aromatic nitrogens is 1. The van der Waals surface area contributed by atoms with Gasteiger partial charge in [-0.15, -0.1) is 0 Å². The summed E-state index contributed by atoms with van der Waals surface area (Å²) in [7, 11) is 0. The van der Waals surface area contributed by atoms with Crippen LogP contribution in [0.15, 0.2) is 66.5 Å². The Hall–Kier alpha value is -2.42. The minimum Gasteiger partial charge on any atom is -0.345 e. The normalized spacial score (nSPS) is 21.9. The van der Waals surface area contributed by atoms with Gasteiger partial charge in [0.2, 0.25) is 5.91 Å². The van der Waals surface area contributed by atoms with Crippen LogP contribution in [-0.2, 0) is 4.79 Å². The van der Waals surface area contributed by atoms with E-state index in [-0.39, 0.29) is 23.3 Å². The van der Waals surface area contributed by atoms with E-state index in [0.717, 1.165) is 11.1 Å². The highest BCUT2D eigenvalue weighted by Crippen LogP contribution is 2.59. The molecule has 1 heterocycles. The van der Waals surface area contributed by atoms with Crippen LogP contribution in [0.4, 0.5) is 0 Å². The molecule has 2 aromatic rings. The van der Waals surface area contributed by atoms with Crippen LogP contribution >= 0.6 is 0 Å². The van der Waals surface area contributed by atoms with Gasteiger partial charge in [0.25, 0.3) is 0 Å². The van der Waals surface area contributed by atoms with Crippen LogP contribution in [-0.4, -0.2) is 10.9 Å². The van der Waals surface area contributed by atoms with E-state index in [1.807, 2.05) is 30.3 Å². The monoisotopic (exact) mass is 334 g/mol. The van der Waals surface area contributed by atoms with Crippen LogP contribution in [0.2, 0.25) is 0 Å². The van der Waals surface area contributed by atoms with Gasteiger partial charge in [0.05, 0.1) is 12.0 Å². The van der Waals surface area contributed by atoms with Crippen molar-refractivity contribution in [1.29, 1.82) is 0 Å². The highest BCUT2D eigenvalue weighted by atomic mass is 16.2. The summed E-state index contributed by atoms with van der Waals surface area (Å²) in [5.41, 5.74) is 3.41. The van der Waals surface area contributed by atoms with Gasteiger partial charge in [-0.3, -0.25) is 9.78 Å². The van der Waals surface area contributed by atoms with Gasteiger partial charge in [0.1, 0.15) is 0 Å². The number of nitrogens with zero attached hydrogens (tertiary/aromatic N) is 1. The lowest BCUT2D eigenvalue weighted by atomic mass is 9.99. The molecule has 25 heavy (non-hydrogen) atoms. The van der Waals surface area contributed by atoms with Gasteiger partial charge in [-0.25, -0.2) is 0 Å². The van der Waals surface area contributed by atoms with Crippen molar-refractivity contribution in [2.24, 2.45) is 17.3 Å². The second-order valence-corrected chi connectivity index (χ2v) is 7.70. The molecule has 0 bridgehead atoms. The number of nitrogens with one attached hydrogen (secondary N) is 1. The second-order valence-electron chi connectivity index (χ2n) is 7.70. The Labute approximate surface area is 150 Å². The molecule has 130 valence electrons. The van der Waals surface area contributed by atoms with Crippen LogP contribution in [0.5, 0.6) is 0 Å². The molecule has 0 radical (unpaired) electrons. The Morgan fingerprint density at radius 2 is 1.68 bits per heavy atom. The fourth-order valence-electron chi connectivity index (χ4n) is 3.64. The summed E-state index contributed by atoms with van der Waals surface area (Å²) in [5, 5.41) is 3.27. The highest BCUT2D eigenvalue weighted by molar-refractivity contribution is 5.84. The van der Waals surface area contributed by atoms with E-state index in [2.05, 4.69) is 56.2 Å². The third-order valence-corrected chi connectivity index (χ3v) is 5.16. The van der Waals surface area contributed by atoms with Crippen molar-refractivity contribution in [2.75, 3.05) is 0 Å². The second kappa shape index (κ2) is 6.83. The molecular weight excluding hydrogens is 308 g/mol. The fraction of sp³-hybridized carbons (Fsp3) is 0.364. The minimum absolute atomic E-state index is 0.0147. The lowest BCUT2D eigenvalue weighted by molar-refractivity contribution is -0.123. The molecule has 1 aromatic carbocycles. The number of benzene rings is 1. The number of carbonyl (C=O) groups excluding carboxylic acids is 1. The zero-order valence-corrected chi connectivity index (χ0v) is 15.4. The largest absolute Gasteiger partial charge is 0.345 e. The average molecular weight is 334 g/mol. The maximum absolute atomic E-state index is 13.0. The van der Waals surface area contributed by atoms with Crippen molar-refractivity contribution >= 4 is 5.91 Å².